The summed E-state index contributed by atoms with van der Waals surface area (Å²) in [6.07, 6.45) is 1.98. The molecule has 0 N–H and O–H groups in total. The fraction of sp³-hybridized carbons (Fsp3) is 0.273. The molecule has 0 saturated heterocycles. The van der Waals surface area contributed by atoms with Crippen molar-refractivity contribution in [2.24, 2.45) is 0 Å². The van der Waals surface area contributed by atoms with Crippen LogP contribution < -0.4 is 9.47 Å². The zero-order valence-electron chi connectivity index (χ0n) is 8.50. The lowest BCUT2D eigenvalue weighted by Gasteiger charge is -2.09. The molecule has 0 spiro atoms. The van der Waals surface area contributed by atoms with Crippen molar-refractivity contribution in [3.8, 4) is 11.5 Å². The molecule has 0 bridgehead atoms. The molecule has 14 heavy (non-hydrogen) atoms. The zero-order valence-corrected chi connectivity index (χ0v) is 10.1. The second-order valence-corrected chi connectivity index (χ2v) is 3.56. The lowest BCUT2D eigenvalue weighted by Crippen LogP contribution is -1.90. The van der Waals surface area contributed by atoms with Crippen LogP contribution in [-0.4, -0.2) is 14.2 Å². The third-order valence-corrected chi connectivity index (χ3v) is 2.80. The van der Waals surface area contributed by atoms with E-state index in [1.54, 1.807) is 14.2 Å². The molecule has 0 saturated carbocycles. The van der Waals surface area contributed by atoms with Gasteiger partial charge in [-0.1, -0.05) is 22.0 Å². The van der Waals surface area contributed by atoms with Crippen molar-refractivity contribution in [3.63, 3.8) is 0 Å². The minimum absolute atomic E-state index is 0.794. The largest absolute Gasteiger partial charge is 0.497 e. The molecule has 0 fully saturated rings. The minimum Gasteiger partial charge on any atom is -0.497 e. The number of rotatable bonds is 3. The summed E-state index contributed by atoms with van der Waals surface area (Å²) in [7, 11) is 3.29. The number of allylic oxidation sites excluding steroid dienone is 1. The highest BCUT2D eigenvalue weighted by Gasteiger charge is 2.06. The molecule has 2 nitrogen and oxygen atoms in total. The van der Waals surface area contributed by atoms with Crippen molar-refractivity contribution >= 4 is 20.4 Å². The van der Waals surface area contributed by atoms with E-state index in [4.69, 9.17) is 9.47 Å². The van der Waals surface area contributed by atoms with Gasteiger partial charge in [-0.15, -0.1) is 0 Å². The van der Waals surface area contributed by atoms with Crippen LogP contribution in [0.4, 0.5) is 0 Å². The van der Waals surface area contributed by atoms with Crippen molar-refractivity contribution < 1.29 is 9.47 Å². The Morgan fingerprint density at radius 3 is 2.50 bits per heavy atom. The zero-order chi connectivity index (χ0) is 10.6. The first-order valence-electron chi connectivity index (χ1n) is 4.27. The Bertz CT molecular complexity index is 345. The van der Waals surface area contributed by atoms with Crippen molar-refractivity contribution in [3.05, 3.63) is 29.8 Å². The van der Waals surface area contributed by atoms with Gasteiger partial charge in [-0.05, 0) is 19.1 Å². The monoisotopic (exact) mass is 256 g/mol. The molecule has 0 amide bonds. The highest BCUT2D eigenvalue weighted by molar-refractivity contribution is 9.15. The number of methoxy groups -OCH3 is 2. The summed E-state index contributed by atoms with van der Waals surface area (Å²) in [4.78, 5) is 0. The topological polar surface area (TPSA) is 18.5 Å². The average molecular weight is 257 g/mol. The normalized spacial score (nSPS) is 11.3. The van der Waals surface area contributed by atoms with Gasteiger partial charge in [0.05, 0.1) is 14.2 Å². The molecule has 0 radical (unpaired) electrons. The summed E-state index contributed by atoms with van der Waals surface area (Å²) in [6.45, 7) is 1.97. The van der Waals surface area contributed by atoms with Gasteiger partial charge in [0, 0.05) is 16.1 Å². The van der Waals surface area contributed by atoms with Crippen LogP contribution in [0.5, 0.6) is 11.5 Å². The SMILES string of the molecule is C/C=C(\Br)c1ccc(OC)cc1OC. The first kappa shape index (κ1) is 11.1. The molecule has 0 heterocycles. The quantitative estimate of drug-likeness (QED) is 0.825. The van der Waals surface area contributed by atoms with Crippen molar-refractivity contribution in [1.82, 2.24) is 0 Å². The molecule has 3 heteroatoms. The molecule has 0 aliphatic carbocycles. The maximum Gasteiger partial charge on any atom is 0.130 e. The molecule has 0 atom stereocenters. The molecule has 0 aromatic heterocycles. The number of hydrogen-bond donors (Lipinski definition) is 0. The van der Waals surface area contributed by atoms with E-state index in [1.807, 2.05) is 31.2 Å². The predicted molar refractivity (Wildman–Crippen MR) is 62.1 cm³/mol. The second-order valence-electron chi connectivity index (χ2n) is 2.70. The number of benzene rings is 1. The van der Waals surface area contributed by atoms with E-state index in [0.29, 0.717) is 0 Å². The molecule has 0 aliphatic rings. The Kier molecular flexibility index (Phi) is 4.01. The van der Waals surface area contributed by atoms with Gasteiger partial charge in [0.1, 0.15) is 11.5 Å². The van der Waals surface area contributed by atoms with E-state index < -0.39 is 0 Å². The van der Waals surface area contributed by atoms with Gasteiger partial charge in [0.2, 0.25) is 0 Å². The van der Waals surface area contributed by atoms with E-state index >= 15 is 0 Å². The summed E-state index contributed by atoms with van der Waals surface area (Å²) in [5.74, 6) is 1.59. The van der Waals surface area contributed by atoms with Crippen LogP contribution in [0.1, 0.15) is 12.5 Å². The van der Waals surface area contributed by atoms with E-state index in [2.05, 4.69) is 15.9 Å². The highest BCUT2D eigenvalue weighted by Crippen LogP contribution is 2.32. The van der Waals surface area contributed by atoms with Gasteiger partial charge in [0.25, 0.3) is 0 Å². The molecular weight excluding hydrogens is 244 g/mol. The standard InChI is InChI=1S/C11H13BrO2/c1-4-10(12)9-6-5-8(13-2)7-11(9)14-3/h4-7H,1-3H3/b10-4-. The van der Waals surface area contributed by atoms with Crippen LogP contribution in [0.25, 0.3) is 4.48 Å². The Balaban J connectivity index is 3.18. The second kappa shape index (κ2) is 5.05. The minimum atomic E-state index is 0.794. The molecule has 0 aliphatic heterocycles. The van der Waals surface area contributed by atoms with Crippen molar-refractivity contribution in [2.75, 3.05) is 14.2 Å². The Labute approximate surface area is 92.7 Å². The van der Waals surface area contributed by atoms with Crippen LogP contribution in [0, 0.1) is 0 Å². The average Bonchev–Trinajstić information content (AvgIpc) is 2.27. The van der Waals surface area contributed by atoms with E-state index in [1.165, 1.54) is 0 Å². The van der Waals surface area contributed by atoms with Crippen molar-refractivity contribution in [1.29, 1.82) is 0 Å². The molecular formula is C11H13BrO2. The van der Waals surface area contributed by atoms with Crippen LogP contribution in [0.2, 0.25) is 0 Å². The number of hydrogen-bond acceptors (Lipinski definition) is 2. The van der Waals surface area contributed by atoms with Crippen molar-refractivity contribution in [2.45, 2.75) is 6.92 Å². The highest BCUT2D eigenvalue weighted by atomic mass is 79.9. The van der Waals surface area contributed by atoms with Crippen LogP contribution in [0.3, 0.4) is 0 Å². The maximum atomic E-state index is 5.26. The molecule has 0 unspecified atom stereocenters. The Morgan fingerprint density at radius 2 is 2.00 bits per heavy atom. The van der Waals surface area contributed by atoms with Gasteiger partial charge >= 0.3 is 0 Å². The lowest BCUT2D eigenvalue weighted by atomic mass is 10.2. The third-order valence-electron chi connectivity index (χ3n) is 1.92. The van der Waals surface area contributed by atoms with Crippen LogP contribution in [-0.2, 0) is 0 Å². The van der Waals surface area contributed by atoms with Gasteiger partial charge < -0.3 is 9.47 Å². The Hall–Kier alpha value is -0.960. The molecule has 1 aromatic rings. The molecule has 1 aromatic carbocycles. The smallest absolute Gasteiger partial charge is 0.130 e. The summed E-state index contributed by atoms with van der Waals surface area (Å²) in [5.41, 5.74) is 1.02. The van der Waals surface area contributed by atoms with Gasteiger partial charge in [0.15, 0.2) is 0 Å². The van der Waals surface area contributed by atoms with Gasteiger partial charge in [-0.2, -0.15) is 0 Å². The fourth-order valence-electron chi connectivity index (χ4n) is 1.15. The summed E-state index contributed by atoms with van der Waals surface area (Å²) >= 11 is 3.46. The summed E-state index contributed by atoms with van der Waals surface area (Å²) in [6, 6.07) is 5.73. The summed E-state index contributed by atoms with van der Waals surface area (Å²) < 4.78 is 11.4. The number of halogens is 1. The molecule has 76 valence electrons. The molecule has 1 rings (SSSR count). The van der Waals surface area contributed by atoms with Gasteiger partial charge in [-0.25, -0.2) is 0 Å². The third kappa shape index (κ3) is 2.29. The first-order valence-corrected chi connectivity index (χ1v) is 5.06. The van der Waals surface area contributed by atoms with Crippen LogP contribution >= 0.6 is 15.9 Å². The van der Waals surface area contributed by atoms with E-state index in [9.17, 15) is 0 Å². The van der Waals surface area contributed by atoms with Gasteiger partial charge in [-0.3, -0.25) is 0 Å². The predicted octanol–water partition coefficient (Wildman–Crippen LogP) is 3.46. The van der Waals surface area contributed by atoms with Crippen LogP contribution in [0.15, 0.2) is 24.3 Å². The number of ether oxygens (including phenoxy) is 2. The van der Waals surface area contributed by atoms with E-state index in [-0.39, 0.29) is 0 Å². The fourth-order valence-corrected chi connectivity index (χ4v) is 1.48. The van der Waals surface area contributed by atoms with E-state index in [0.717, 1.165) is 21.5 Å². The maximum absolute atomic E-state index is 5.26. The Morgan fingerprint density at radius 1 is 1.29 bits per heavy atom. The summed E-state index contributed by atoms with van der Waals surface area (Å²) in [5, 5.41) is 0. The first-order chi connectivity index (χ1) is 6.72. The lowest BCUT2D eigenvalue weighted by molar-refractivity contribution is 0.393.